The number of carboxylic acids is 1. The summed E-state index contributed by atoms with van der Waals surface area (Å²) in [4.78, 5) is 24.3. The largest absolute Gasteiger partial charge is 0.481 e. The van der Waals surface area contributed by atoms with Gasteiger partial charge in [0.05, 0.1) is 5.92 Å². The highest BCUT2D eigenvalue weighted by atomic mass is 19.1. The maximum atomic E-state index is 13.0. The fourth-order valence-electron chi connectivity index (χ4n) is 2.50. The first-order valence-corrected chi connectivity index (χ1v) is 6.98. The maximum absolute atomic E-state index is 13.0. The van der Waals surface area contributed by atoms with E-state index in [0.717, 1.165) is 11.1 Å². The van der Waals surface area contributed by atoms with Crippen molar-refractivity contribution in [2.45, 2.75) is 19.8 Å². The van der Waals surface area contributed by atoms with Crippen LogP contribution in [-0.4, -0.2) is 41.6 Å². The maximum Gasteiger partial charge on any atom is 0.317 e. The minimum absolute atomic E-state index is 0.237. The van der Waals surface area contributed by atoms with E-state index in [4.69, 9.17) is 5.11 Å². The van der Waals surface area contributed by atoms with Crippen LogP contribution >= 0.6 is 0 Å². The SMILES string of the molecule is Cc1cc(F)ccc1CCNC(=O)N1CCC(C(=O)O)C1. The zero-order valence-electron chi connectivity index (χ0n) is 11.9. The molecule has 0 spiro atoms. The van der Waals surface area contributed by atoms with Crippen LogP contribution in [0.2, 0.25) is 0 Å². The lowest BCUT2D eigenvalue weighted by Gasteiger charge is -2.17. The summed E-state index contributed by atoms with van der Waals surface area (Å²) in [6.07, 6.45) is 1.12. The van der Waals surface area contributed by atoms with Gasteiger partial charge in [0.15, 0.2) is 0 Å². The molecule has 1 aliphatic heterocycles. The number of amides is 2. The van der Waals surface area contributed by atoms with Crippen molar-refractivity contribution in [3.63, 3.8) is 0 Å². The smallest absolute Gasteiger partial charge is 0.317 e. The molecule has 5 nitrogen and oxygen atoms in total. The Hall–Kier alpha value is -2.11. The van der Waals surface area contributed by atoms with E-state index in [-0.39, 0.29) is 18.4 Å². The van der Waals surface area contributed by atoms with Crippen molar-refractivity contribution in [1.29, 1.82) is 0 Å². The second-order valence-corrected chi connectivity index (χ2v) is 5.32. The summed E-state index contributed by atoms with van der Waals surface area (Å²) in [6.45, 7) is 3.01. The van der Waals surface area contributed by atoms with E-state index in [1.165, 1.54) is 17.0 Å². The third-order valence-corrected chi connectivity index (χ3v) is 3.80. The third kappa shape index (κ3) is 3.93. The molecule has 0 aliphatic carbocycles. The number of aliphatic carboxylic acids is 1. The van der Waals surface area contributed by atoms with E-state index in [1.54, 1.807) is 6.07 Å². The predicted octanol–water partition coefficient (Wildman–Crippen LogP) is 1.79. The lowest BCUT2D eigenvalue weighted by Crippen LogP contribution is -2.39. The van der Waals surface area contributed by atoms with Gasteiger partial charge < -0.3 is 15.3 Å². The number of carbonyl (C=O) groups is 2. The molecule has 1 saturated heterocycles. The number of hydrogen-bond donors (Lipinski definition) is 2. The van der Waals surface area contributed by atoms with Crippen molar-refractivity contribution in [2.75, 3.05) is 19.6 Å². The minimum Gasteiger partial charge on any atom is -0.481 e. The van der Waals surface area contributed by atoms with Crippen LogP contribution in [0.1, 0.15) is 17.5 Å². The monoisotopic (exact) mass is 294 g/mol. The Balaban J connectivity index is 1.78. The molecule has 0 aromatic heterocycles. The van der Waals surface area contributed by atoms with Gasteiger partial charge in [-0.3, -0.25) is 4.79 Å². The average Bonchev–Trinajstić information content (AvgIpc) is 2.91. The minimum atomic E-state index is -0.854. The topological polar surface area (TPSA) is 69.6 Å². The Morgan fingerprint density at radius 3 is 2.86 bits per heavy atom. The number of aryl methyl sites for hydroxylation is 1. The first-order valence-electron chi connectivity index (χ1n) is 6.98. The van der Waals surface area contributed by atoms with E-state index in [1.807, 2.05) is 6.92 Å². The second-order valence-electron chi connectivity index (χ2n) is 5.32. The number of halogens is 1. The first-order chi connectivity index (χ1) is 9.97. The van der Waals surface area contributed by atoms with Crippen LogP contribution in [0.3, 0.4) is 0 Å². The molecule has 1 fully saturated rings. The lowest BCUT2D eigenvalue weighted by molar-refractivity contribution is -0.141. The Morgan fingerprint density at radius 2 is 2.24 bits per heavy atom. The Bertz CT molecular complexity index is 548. The number of hydrogen-bond acceptors (Lipinski definition) is 2. The van der Waals surface area contributed by atoms with E-state index in [0.29, 0.717) is 25.9 Å². The molecule has 1 aromatic carbocycles. The summed E-state index contributed by atoms with van der Waals surface area (Å²) >= 11 is 0. The molecular weight excluding hydrogens is 275 g/mol. The molecule has 2 rings (SSSR count). The summed E-state index contributed by atoms with van der Waals surface area (Å²) < 4.78 is 13.0. The van der Waals surface area contributed by atoms with Gasteiger partial charge in [-0.05, 0) is 43.0 Å². The van der Waals surface area contributed by atoms with Gasteiger partial charge in [-0.2, -0.15) is 0 Å². The molecule has 6 heteroatoms. The van der Waals surface area contributed by atoms with Gasteiger partial charge in [0.2, 0.25) is 0 Å². The van der Waals surface area contributed by atoms with Gasteiger partial charge in [-0.1, -0.05) is 6.07 Å². The molecule has 114 valence electrons. The van der Waals surface area contributed by atoms with Crippen molar-refractivity contribution < 1.29 is 19.1 Å². The zero-order valence-corrected chi connectivity index (χ0v) is 11.9. The number of carboxylic acid groups (broad SMARTS) is 1. The molecule has 1 atom stereocenters. The predicted molar refractivity (Wildman–Crippen MR) is 75.6 cm³/mol. The molecule has 21 heavy (non-hydrogen) atoms. The molecule has 1 unspecified atom stereocenters. The molecule has 0 bridgehead atoms. The van der Waals surface area contributed by atoms with E-state index in [9.17, 15) is 14.0 Å². The van der Waals surface area contributed by atoms with Crippen LogP contribution in [0.4, 0.5) is 9.18 Å². The molecule has 1 aliphatic rings. The van der Waals surface area contributed by atoms with Crippen molar-refractivity contribution in [3.05, 3.63) is 35.1 Å². The van der Waals surface area contributed by atoms with Crippen molar-refractivity contribution >= 4 is 12.0 Å². The van der Waals surface area contributed by atoms with Gasteiger partial charge in [0.1, 0.15) is 5.82 Å². The van der Waals surface area contributed by atoms with E-state index in [2.05, 4.69) is 5.32 Å². The van der Waals surface area contributed by atoms with Crippen molar-refractivity contribution in [2.24, 2.45) is 5.92 Å². The number of urea groups is 1. The van der Waals surface area contributed by atoms with E-state index >= 15 is 0 Å². The van der Waals surface area contributed by atoms with E-state index < -0.39 is 11.9 Å². The molecule has 0 saturated carbocycles. The molecule has 0 radical (unpaired) electrons. The van der Waals surface area contributed by atoms with Crippen LogP contribution in [0.5, 0.6) is 0 Å². The number of nitrogens with zero attached hydrogens (tertiary/aromatic N) is 1. The van der Waals surface area contributed by atoms with Crippen LogP contribution in [-0.2, 0) is 11.2 Å². The van der Waals surface area contributed by atoms with Gasteiger partial charge in [-0.15, -0.1) is 0 Å². The Morgan fingerprint density at radius 1 is 1.48 bits per heavy atom. The normalized spacial score (nSPS) is 17.8. The standard InChI is InChI=1S/C15H19FN2O3/c1-10-8-13(16)3-2-11(10)4-6-17-15(21)18-7-5-12(9-18)14(19)20/h2-3,8,12H,4-7,9H2,1H3,(H,17,21)(H,19,20). The summed E-state index contributed by atoms with van der Waals surface area (Å²) in [5, 5.41) is 11.7. The van der Waals surface area contributed by atoms with Crippen LogP contribution in [0.15, 0.2) is 18.2 Å². The van der Waals surface area contributed by atoms with Gasteiger partial charge in [0, 0.05) is 19.6 Å². The summed E-state index contributed by atoms with van der Waals surface area (Å²) in [5.41, 5.74) is 1.85. The van der Waals surface area contributed by atoms with Crippen molar-refractivity contribution in [3.8, 4) is 0 Å². The number of nitrogens with one attached hydrogen (secondary N) is 1. The van der Waals surface area contributed by atoms with Crippen LogP contribution in [0, 0.1) is 18.7 Å². The highest BCUT2D eigenvalue weighted by Crippen LogP contribution is 2.16. The average molecular weight is 294 g/mol. The number of rotatable bonds is 4. The highest BCUT2D eigenvalue weighted by molar-refractivity contribution is 5.77. The van der Waals surface area contributed by atoms with Crippen LogP contribution < -0.4 is 5.32 Å². The molecule has 2 amide bonds. The number of likely N-dealkylation sites (tertiary alicyclic amines) is 1. The second kappa shape index (κ2) is 6.56. The zero-order chi connectivity index (χ0) is 15.4. The summed E-state index contributed by atoms with van der Waals surface area (Å²) in [5.74, 6) is -1.58. The fourth-order valence-corrected chi connectivity index (χ4v) is 2.50. The van der Waals surface area contributed by atoms with Gasteiger partial charge in [-0.25, -0.2) is 9.18 Å². The third-order valence-electron chi connectivity index (χ3n) is 3.80. The number of carbonyl (C=O) groups excluding carboxylic acids is 1. The highest BCUT2D eigenvalue weighted by Gasteiger charge is 2.30. The Labute approximate surface area is 122 Å². The summed E-state index contributed by atoms with van der Waals surface area (Å²) in [7, 11) is 0. The van der Waals surface area contributed by atoms with Crippen LogP contribution in [0.25, 0.3) is 0 Å². The quantitative estimate of drug-likeness (QED) is 0.889. The van der Waals surface area contributed by atoms with Gasteiger partial charge in [0.25, 0.3) is 0 Å². The molecule has 1 aromatic rings. The first kappa shape index (κ1) is 15.3. The molecule has 1 heterocycles. The molecular formula is C15H19FN2O3. The lowest BCUT2D eigenvalue weighted by atomic mass is 10.1. The van der Waals surface area contributed by atoms with Crippen molar-refractivity contribution in [1.82, 2.24) is 10.2 Å². The number of benzene rings is 1. The summed E-state index contributed by atoms with van der Waals surface area (Å²) in [6, 6.07) is 4.35. The Kier molecular flexibility index (Phi) is 4.77. The molecule has 2 N–H and O–H groups in total. The fraction of sp³-hybridized carbons (Fsp3) is 0.467. The van der Waals surface area contributed by atoms with Gasteiger partial charge >= 0.3 is 12.0 Å².